The Bertz CT molecular complexity index is 1920. The predicted molar refractivity (Wildman–Crippen MR) is 184 cm³/mol. The summed E-state index contributed by atoms with van der Waals surface area (Å²) in [4.78, 5) is 4.51. The van der Waals surface area contributed by atoms with Crippen LogP contribution < -0.4 is 15.9 Å². The third kappa shape index (κ3) is 4.90. The minimum Gasteiger partial charge on any atom is -0.263 e. The van der Waals surface area contributed by atoms with Crippen LogP contribution in [0.15, 0.2) is 170 Å². The number of fused-ring (bicyclic) bond motifs is 1. The third-order valence-corrected chi connectivity index (χ3v) is 12.9. The van der Waals surface area contributed by atoms with Crippen molar-refractivity contribution in [3.05, 3.63) is 170 Å². The van der Waals surface area contributed by atoms with E-state index in [0.29, 0.717) is 0 Å². The van der Waals surface area contributed by atoms with E-state index in [4.69, 9.17) is 11.8 Å². The van der Waals surface area contributed by atoms with E-state index in [-0.39, 0.29) is 0 Å². The van der Waals surface area contributed by atoms with E-state index < -0.39 is 6.04 Å². The quantitative estimate of drug-likeness (QED) is 0.184. The standard InChI is InChI=1S/C39H28NPS/c42-41(35-21-15-31(16-22-35)29-9-3-1-4-10-29,36-23-17-32(18-24-36)30-11-5-2-6-12-30)37-25-19-33(20-26-37)39-28-40-27-34-13-7-8-14-38(34)39/h1-28H. The Balaban J connectivity index is 1.33. The number of hydrogen-bond donors (Lipinski definition) is 0. The van der Waals surface area contributed by atoms with Crippen molar-refractivity contribution in [3.63, 3.8) is 0 Å². The highest BCUT2D eigenvalue weighted by molar-refractivity contribution is 8.25. The van der Waals surface area contributed by atoms with Crippen LogP contribution in [0.4, 0.5) is 0 Å². The Morgan fingerprint density at radius 2 is 0.786 bits per heavy atom. The van der Waals surface area contributed by atoms with Crippen molar-refractivity contribution in [2.75, 3.05) is 0 Å². The van der Waals surface area contributed by atoms with Gasteiger partial charge < -0.3 is 0 Å². The van der Waals surface area contributed by atoms with Crippen molar-refractivity contribution in [2.24, 2.45) is 0 Å². The second kappa shape index (κ2) is 11.3. The molecule has 7 aromatic rings. The molecule has 1 heterocycles. The zero-order valence-corrected chi connectivity index (χ0v) is 24.7. The van der Waals surface area contributed by atoms with E-state index in [1.807, 2.05) is 12.4 Å². The maximum atomic E-state index is 6.76. The highest BCUT2D eigenvalue weighted by atomic mass is 32.4. The molecule has 0 bridgehead atoms. The fraction of sp³-hybridized carbons (Fsp3) is 0. The Morgan fingerprint density at radius 3 is 1.29 bits per heavy atom. The zero-order chi connectivity index (χ0) is 28.4. The van der Waals surface area contributed by atoms with Gasteiger partial charge in [-0.05, 0) is 49.1 Å². The van der Waals surface area contributed by atoms with Crippen molar-refractivity contribution in [1.82, 2.24) is 4.98 Å². The molecule has 0 saturated carbocycles. The van der Waals surface area contributed by atoms with Crippen molar-refractivity contribution in [2.45, 2.75) is 0 Å². The molecule has 0 unspecified atom stereocenters. The number of hydrogen-bond acceptors (Lipinski definition) is 2. The average Bonchev–Trinajstić information content (AvgIpc) is 3.09. The van der Waals surface area contributed by atoms with Crippen LogP contribution in [-0.4, -0.2) is 4.98 Å². The third-order valence-electron chi connectivity index (χ3n) is 7.89. The smallest absolute Gasteiger partial charge is 0.0379 e. The lowest BCUT2D eigenvalue weighted by Gasteiger charge is -2.25. The molecule has 0 N–H and O–H groups in total. The van der Waals surface area contributed by atoms with E-state index in [9.17, 15) is 0 Å². The average molecular weight is 574 g/mol. The van der Waals surface area contributed by atoms with E-state index in [0.717, 1.165) is 16.5 Å². The molecule has 1 nitrogen and oxygen atoms in total. The van der Waals surface area contributed by atoms with Crippen LogP contribution in [0.1, 0.15) is 0 Å². The minimum atomic E-state index is -2.34. The van der Waals surface area contributed by atoms with Gasteiger partial charge in [0, 0.05) is 29.4 Å². The number of benzene rings is 6. The SMILES string of the molecule is S=P(c1ccc(-c2ccccc2)cc1)(c1ccc(-c2ccccc2)cc1)c1ccc(-c2cncc3ccccc23)cc1. The van der Waals surface area contributed by atoms with Gasteiger partial charge in [0.05, 0.1) is 0 Å². The van der Waals surface area contributed by atoms with Gasteiger partial charge in [0.2, 0.25) is 0 Å². The lowest BCUT2D eigenvalue weighted by atomic mass is 10.0. The first-order chi connectivity index (χ1) is 20.7. The largest absolute Gasteiger partial charge is 0.263 e. The van der Waals surface area contributed by atoms with Crippen molar-refractivity contribution in [3.8, 4) is 33.4 Å². The lowest BCUT2D eigenvalue weighted by molar-refractivity contribution is 1.36. The Hall–Kier alpha value is -4.62. The van der Waals surface area contributed by atoms with Gasteiger partial charge in [-0.2, -0.15) is 0 Å². The molecule has 0 fully saturated rings. The Kier molecular flexibility index (Phi) is 7.10. The first-order valence-corrected chi connectivity index (χ1v) is 16.9. The predicted octanol–water partition coefficient (Wildman–Crippen LogP) is 8.99. The summed E-state index contributed by atoms with van der Waals surface area (Å²) in [5, 5.41) is 5.89. The molecular formula is C39H28NPS. The van der Waals surface area contributed by atoms with E-state index in [2.05, 4.69) is 163 Å². The zero-order valence-electron chi connectivity index (χ0n) is 23.0. The van der Waals surface area contributed by atoms with E-state index >= 15 is 0 Å². The van der Waals surface area contributed by atoms with Crippen LogP contribution in [0.25, 0.3) is 44.2 Å². The van der Waals surface area contributed by atoms with Gasteiger partial charge in [-0.3, -0.25) is 4.98 Å². The minimum absolute atomic E-state index is 1.13. The van der Waals surface area contributed by atoms with Gasteiger partial charge in [-0.15, -0.1) is 0 Å². The maximum Gasteiger partial charge on any atom is 0.0379 e. The molecule has 1 aromatic heterocycles. The van der Waals surface area contributed by atoms with Crippen LogP contribution in [-0.2, 0) is 11.8 Å². The molecule has 42 heavy (non-hydrogen) atoms. The van der Waals surface area contributed by atoms with Crippen LogP contribution in [0, 0.1) is 0 Å². The molecule has 0 aliphatic carbocycles. The first-order valence-electron chi connectivity index (χ1n) is 14.1. The number of rotatable bonds is 6. The molecule has 0 spiro atoms. The normalized spacial score (nSPS) is 11.4. The second-order valence-electron chi connectivity index (χ2n) is 10.4. The first kappa shape index (κ1) is 26.3. The maximum absolute atomic E-state index is 6.76. The highest BCUT2D eigenvalue weighted by Crippen LogP contribution is 2.44. The Morgan fingerprint density at radius 1 is 0.381 bits per heavy atom. The summed E-state index contributed by atoms with van der Waals surface area (Å²) in [5.41, 5.74) is 7.07. The van der Waals surface area contributed by atoms with Gasteiger partial charge in [0.15, 0.2) is 0 Å². The van der Waals surface area contributed by atoms with Gasteiger partial charge >= 0.3 is 0 Å². The molecule has 200 valence electrons. The van der Waals surface area contributed by atoms with Gasteiger partial charge in [0.1, 0.15) is 0 Å². The molecule has 7 rings (SSSR count). The fourth-order valence-corrected chi connectivity index (χ4v) is 9.33. The summed E-state index contributed by atoms with van der Waals surface area (Å²) in [6, 6.07) is 53.7. The molecule has 0 atom stereocenters. The monoisotopic (exact) mass is 573 g/mol. The topological polar surface area (TPSA) is 12.9 Å². The summed E-state index contributed by atoms with van der Waals surface area (Å²) < 4.78 is 0. The highest BCUT2D eigenvalue weighted by Gasteiger charge is 2.25. The molecule has 0 amide bonds. The van der Waals surface area contributed by atoms with E-state index in [1.54, 1.807) is 0 Å². The summed E-state index contributed by atoms with van der Waals surface area (Å²) in [7, 11) is 0. The molecule has 0 radical (unpaired) electrons. The molecule has 0 aliphatic rings. The van der Waals surface area contributed by atoms with Crippen molar-refractivity contribution in [1.29, 1.82) is 0 Å². The number of pyridine rings is 1. The molecule has 3 heteroatoms. The molecule has 0 aliphatic heterocycles. The summed E-state index contributed by atoms with van der Waals surface area (Å²) in [6.07, 6.45) is 3.88. The summed E-state index contributed by atoms with van der Waals surface area (Å²) >= 11 is 6.76. The summed E-state index contributed by atoms with van der Waals surface area (Å²) in [6.45, 7) is 0. The van der Waals surface area contributed by atoms with Gasteiger partial charge in [0.25, 0.3) is 0 Å². The number of nitrogens with zero attached hydrogens (tertiary/aromatic N) is 1. The van der Waals surface area contributed by atoms with E-state index in [1.165, 1.54) is 43.6 Å². The Labute approximate surface area is 252 Å². The van der Waals surface area contributed by atoms with Gasteiger partial charge in [-0.25, -0.2) is 0 Å². The van der Waals surface area contributed by atoms with Crippen LogP contribution >= 0.6 is 6.04 Å². The lowest BCUT2D eigenvalue weighted by Crippen LogP contribution is -2.24. The summed E-state index contributed by atoms with van der Waals surface area (Å²) in [5.74, 6) is 0. The molecular weight excluding hydrogens is 545 g/mol. The second-order valence-corrected chi connectivity index (χ2v) is 14.8. The van der Waals surface area contributed by atoms with Crippen LogP contribution in [0.5, 0.6) is 0 Å². The van der Waals surface area contributed by atoms with Crippen molar-refractivity contribution < 1.29 is 0 Å². The van der Waals surface area contributed by atoms with Crippen LogP contribution in [0.2, 0.25) is 0 Å². The van der Waals surface area contributed by atoms with Gasteiger partial charge in [-0.1, -0.05) is 170 Å². The fourth-order valence-electron chi connectivity index (χ4n) is 5.63. The van der Waals surface area contributed by atoms with Crippen LogP contribution in [0.3, 0.4) is 0 Å². The molecule has 6 aromatic carbocycles. The number of aromatic nitrogens is 1. The van der Waals surface area contributed by atoms with Crippen molar-refractivity contribution >= 4 is 44.5 Å². The molecule has 0 saturated heterocycles.